The highest BCUT2D eigenvalue weighted by atomic mass is 16.5. The van der Waals surface area contributed by atoms with Gasteiger partial charge in [-0.05, 0) is 55.0 Å². The van der Waals surface area contributed by atoms with E-state index in [4.69, 9.17) is 4.74 Å². The lowest BCUT2D eigenvalue weighted by Gasteiger charge is -2.28. The molecule has 2 atom stereocenters. The van der Waals surface area contributed by atoms with E-state index >= 15 is 0 Å². The maximum absolute atomic E-state index is 5.34. The van der Waals surface area contributed by atoms with Crippen molar-refractivity contribution in [3.8, 4) is 5.75 Å². The number of pyridine rings is 1. The SMILES string of the molecule is C=C[C@@H]1CCC(Cc2ccnc3ccc(OC)cc23)NC1. The lowest BCUT2D eigenvalue weighted by molar-refractivity contribution is 0.349. The number of nitrogens with zero attached hydrogens (tertiary/aromatic N) is 1. The van der Waals surface area contributed by atoms with Gasteiger partial charge in [-0.15, -0.1) is 6.58 Å². The second-order valence-corrected chi connectivity index (χ2v) is 5.74. The molecule has 110 valence electrons. The number of rotatable bonds is 4. The van der Waals surface area contributed by atoms with Gasteiger partial charge in [-0.1, -0.05) is 6.08 Å². The highest BCUT2D eigenvalue weighted by Gasteiger charge is 2.19. The molecule has 1 N–H and O–H groups in total. The van der Waals surface area contributed by atoms with Gasteiger partial charge in [0.2, 0.25) is 0 Å². The number of aromatic nitrogens is 1. The molecule has 1 aliphatic heterocycles. The molecule has 0 amide bonds. The van der Waals surface area contributed by atoms with Crippen molar-refractivity contribution in [1.82, 2.24) is 10.3 Å². The molecule has 21 heavy (non-hydrogen) atoms. The minimum absolute atomic E-state index is 0.540. The van der Waals surface area contributed by atoms with Gasteiger partial charge in [0.05, 0.1) is 12.6 Å². The maximum Gasteiger partial charge on any atom is 0.119 e. The molecule has 3 nitrogen and oxygen atoms in total. The Morgan fingerprint density at radius 3 is 3.00 bits per heavy atom. The Labute approximate surface area is 126 Å². The van der Waals surface area contributed by atoms with Gasteiger partial charge in [-0.2, -0.15) is 0 Å². The fraction of sp³-hybridized carbons (Fsp3) is 0.389. The average molecular weight is 282 g/mol. The third kappa shape index (κ3) is 3.08. The van der Waals surface area contributed by atoms with Crippen molar-refractivity contribution in [3.05, 3.63) is 48.7 Å². The predicted molar refractivity (Wildman–Crippen MR) is 86.7 cm³/mol. The molecule has 0 saturated carbocycles. The number of methoxy groups -OCH3 is 1. The van der Waals surface area contributed by atoms with Crippen molar-refractivity contribution in [2.75, 3.05) is 13.7 Å². The molecule has 0 bridgehead atoms. The van der Waals surface area contributed by atoms with E-state index in [0.29, 0.717) is 12.0 Å². The minimum Gasteiger partial charge on any atom is -0.497 e. The molecular formula is C18H22N2O. The molecule has 1 aromatic heterocycles. The summed E-state index contributed by atoms with van der Waals surface area (Å²) in [4.78, 5) is 4.45. The Morgan fingerprint density at radius 1 is 1.38 bits per heavy atom. The third-order valence-corrected chi connectivity index (χ3v) is 4.39. The van der Waals surface area contributed by atoms with Crippen LogP contribution in [-0.2, 0) is 6.42 Å². The van der Waals surface area contributed by atoms with Gasteiger partial charge in [0.15, 0.2) is 0 Å². The predicted octanol–water partition coefficient (Wildman–Crippen LogP) is 3.34. The van der Waals surface area contributed by atoms with E-state index < -0.39 is 0 Å². The summed E-state index contributed by atoms with van der Waals surface area (Å²) >= 11 is 0. The summed E-state index contributed by atoms with van der Waals surface area (Å²) in [6, 6.07) is 8.75. The van der Waals surface area contributed by atoms with Crippen LogP contribution in [0.25, 0.3) is 10.9 Å². The molecule has 1 unspecified atom stereocenters. The maximum atomic E-state index is 5.34. The molecule has 1 aromatic carbocycles. The first kappa shape index (κ1) is 14.1. The summed E-state index contributed by atoms with van der Waals surface area (Å²) in [6.07, 6.45) is 7.43. The van der Waals surface area contributed by atoms with Crippen molar-refractivity contribution >= 4 is 10.9 Å². The fourth-order valence-corrected chi connectivity index (χ4v) is 3.07. The number of hydrogen-bond donors (Lipinski definition) is 1. The first-order chi connectivity index (χ1) is 10.3. The van der Waals surface area contributed by atoms with Crippen LogP contribution in [0, 0.1) is 5.92 Å². The van der Waals surface area contributed by atoms with Crippen molar-refractivity contribution < 1.29 is 4.74 Å². The van der Waals surface area contributed by atoms with E-state index in [1.165, 1.54) is 23.8 Å². The van der Waals surface area contributed by atoms with Gasteiger partial charge in [0.25, 0.3) is 0 Å². The highest BCUT2D eigenvalue weighted by molar-refractivity contribution is 5.83. The summed E-state index contributed by atoms with van der Waals surface area (Å²) in [5.41, 5.74) is 2.38. The quantitative estimate of drug-likeness (QED) is 0.873. The smallest absolute Gasteiger partial charge is 0.119 e. The van der Waals surface area contributed by atoms with Gasteiger partial charge >= 0.3 is 0 Å². The third-order valence-electron chi connectivity index (χ3n) is 4.39. The Kier molecular flexibility index (Phi) is 4.20. The van der Waals surface area contributed by atoms with Crippen LogP contribution < -0.4 is 10.1 Å². The Morgan fingerprint density at radius 2 is 2.29 bits per heavy atom. The van der Waals surface area contributed by atoms with Crippen LogP contribution in [0.5, 0.6) is 5.75 Å². The Hall–Kier alpha value is -1.87. The number of nitrogens with one attached hydrogen (secondary N) is 1. The van der Waals surface area contributed by atoms with Gasteiger partial charge < -0.3 is 10.1 Å². The zero-order valence-corrected chi connectivity index (χ0v) is 12.5. The Balaban J connectivity index is 1.82. The second-order valence-electron chi connectivity index (χ2n) is 5.74. The molecule has 0 spiro atoms. The largest absolute Gasteiger partial charge is 0.497 e. The molecule has 0 aliphatic carbocycles. The van der Waals surface area contributed by atoms with Crippen molar-refractivity contribution in [3.63, 3.8) is 0 Å². The van der Waals surface area contributed by atoms with Gasteiger partial charge in [0, 0.05) is 24.2 Å². The van der Waals surface area contributed by atoms with E-state index in [9.17, 15) is 0 Å². The normalized spacial score (nSPS) is 22.1. The standard InChI is InChI=1S/C18H22N2O/c1-3-13-4-5-15(20-12-13)10-14-8-9-19-18-7-6-16(21-2)11-17(14)18/h3,6-9,11,13,15,20H,1,4-5,10,12H2,2H3/t13-,15?/m1/s1. The van der Waals surface area contributed by atoms with Crippen molar-refractivity contribution in [1.29, 1.82) is 0 Å². The molecule has 1 fully saturated rings. The lowest BCUT2D eigenvalue weighted by atomic mass is 9.90. The van der Waals surface area contributed by atoms with Gasteiger partial charge in [0.1, 0.15) is 5.75 Å². The summed E-state index contributed by atoms with van der Waals surface area (Å²) in [5, 5.41) is 4.84. The van der Waals surface area contributed by atoms with E-state index in [1.54, 1.807) is 7.11 Å². The van der Waals surface area contributed by atoms with Crippen molar-refractivity contribution in [2.24, 2.45) is 5.92 Å². The Bertz CT molecular complexity index is 630. The van der Waals surface area contributed by atoms with E-state index in [-0.39, 0.29) is 0 Å². The van der Waals surface area contributed by atoms with Crippen LogP contribution in [-0.4, -0.2) is 24.7 Å². The van der Waals surface area contributed by atoms with Gasteiger partial charge in [-0.25, -0.2) is 0 Å². The van der Waals surface area contributed by atoms with Crippen LogP contribution in [0.3, 0.4) is 0 Å². The molecule has 1 aliphatic rings. The van der Waals surface area contributed by atoms with Crippen LogP contribution >= 0.6 is 0 Å². The summed E-state index contributed by atoms with van der Waals surface area (Å²) in [6.45, 7) is 4.93. The van der Waals surface area contributed by atoms with E-state index in [0.717, 1.165) is 24.2 Å². The minimum atomic E-state index is 0.540. The molecule has 1 saturated heterocycles. The molecule has 0 radical (unpaired) electrons. The topological polar surface area (TPSA) is 34.1 Å². The molecule has 2 heterocycles. The zero-order chi connectivity index (χ0) is 14.7. The highest BCUT2D eigenvalue weighted by Crippen LogP contribution is 2.25. The summed E-state index contributed by atoms with van der Waals surface area (Å²) in [5.74, 6) is 1.51. The lowest BCUT2D eigenvalue weighted by Crippen LogP contribution is -2.39. The number of hydrogen-bond acceptors (Lipinski definition) is 3. The summed E-state index contributed by atoms with van der Waals surface area (Å²) in [7, 11) is 1.70. The summed E-state index contributed by atoms with van der Waals surface area (Å²) < 4.78 is 5.34. The second kappa shape index (κ2) is 6.27. The van der Waals surface area contributed by atoms with Gasteiger partial charge in [-0.3, -0.25) is 4.98 Å². The van der Waals surface area contributed by atoms with E-state index in [1.807, 2.05) is 18.3 Å². The average Bonchev–Trinajstić information content (AvgIpc) is 2.55. The van der Waals surface area contributed by atoms with Crippen LogP contribution in [0.4, 0.5) is 0 Å². The molecule has 2 aromatic rings. The molecule has 3 heteroatoms. The fourth-order valence-electron chi connectivity index (χ4n) is 3.07. The number of piperidine rings is 1. The van der Waals surface area contributed by atoms with E-state index in [2.05, 4.69) is 35.1 Å². The number of fused-ring (bicyclic) bond motifs is 1. The van der Waals surface area contributed by atoms with Crippen LogP contribution in [0.15, 0.2) is 43.1 Å². The zero-order valence-electron chi connectivity index (χ0n) is 12.5. The number of ether oxygens (including phenoxy) is 1. The first-order valence-corrected chi connectivity index (χ1v) is 7.57. The van der Waals surface area contributed by atoms with Crippen LogP contribution in [0.2, 0.25) is 0 Å². The van der Waals surface area contributed by atoms with Crippen molar-refractivity contribution in [2.45, 2.75) is 25.3 Å². The first-order valence-electron chi connectivity index (χ1n) is 7.57. The monoisotopic (exact) mass is 282 g/mol. The molecular weight excluding hydrogens is 260 g/mol. The molecule has 3 rings (SSSR count). The van der Waals surface area contributed by atoms with Crippen LogP contribution in [0.1, 0.15) is 18.4 Å². The number of benzene rings is 1.